The van der Waals surface area contributed by atoms with Gasteiger partial charge in [0.15, 0.2) is 0 Å². The van der Waals surface area contributed by atoms with E-state index in [2.05, 4.69) is 11.2 Å². The molecule has 2 N–H and O–H groups in total. The molecule has 2 heterocycles. The van der Waals surface area contributed by atoms with Crippen molar-refractivity contribution in [2.75, 3.05) is 12.3 Å². The second-order valence-electron chi connectivity index (χ2n) is 5.16. The lowest BCUT2D eigenvalue weighted by Gasteiger charge is -2.06. The summed E-state index contributed by atoms with van der Waals surface area (Å²) in [5, 5.41) is 13.7. The monoisotopic (exact) mass is 286 g/mol. The minimum atomic E-state index is -0.364. The van der Waals surface area contributed by atoms with Crippen molar-refractivity contribution in [2.24, 2.45) is 0 Å². The van der Waals surface area contributed by atoms with Crippen molar-refractivity contribution >= 4 is 5.82 Å². The standard InChI is InChI=1S/C15H15FN4O/c1-9-5-10(16)7-11(6-9)20-15(18)12(8-17)14(19-20)13-3-2-4-21-13/h5-7,13H,2-4,18H2,1H3/t13-/m0/s1. The zero-order valence-corrected chi connectivity index (χ0v) is 11.6. The molecule has 0 saturated carbocycles. The third-order valence-corrected chi connectivity index (χ3v) is 3.57. The largest absolute Gasteiger partial charge is 0.382 e. The molecule has 1 aliphatic rings. The molecule has 3 rings (SSSR count). The number of halogens is 1. The van der Waals surface area contributed by atoms with E-state index in [4.69, 9.17) is 10.5 Å². The molecule has 1 aromatic heterocycles. The average molecular weight is 286 g/mol. The number of ether oxygens (including phenoxy) is 1. The first-order chi connectivity index (χ1) is 10.1. The van der Waals surface area contributed by atoms with Gasteiger partial charge in [0.25, 0.3) is 0 Å². The first kappa shape index (κ1) is 13.6. The summed E-state index contributed by atoms with van der Waals surface area (Å²) in [6.07, 6.45) is 1.53. The molecule has 1 aliphatic heterocycles. The van der Waals surface area contributed by atoms with Crippen molar-refractivity contribution in [3.8, 4) is 11.8 Å². The highest BCUT2D eigenvalue weighted by molar-refractivity contribution is 5.57. The SMILES string of the molecule is Cc1cc(F)cc(-n2nc([C@@H]3CCCO3)c(C#N)c2N)c1. The van der Waals surface area contributed by atoms with Crippen LogP contribution in [-0.2, 0) is 4.74 Å². The molecule has 0 amide bonds. The number of aromatic nitrogens is 2. The molecule has 0 spiro atoms. The molecular weight excluding hydrogens is 271 g/mol. The fourth-order valence-corrected chi connectivity index (χ4v) is 2.62. The van der Waals surface area contributed by atoms with Crippen LogP contribution in [0, 0.1) is 24.1 Å². The van der Waals surface area contributed by atoms with E-state index in [1.165, 1.54) is 16.8 Å². The molecule has 0 unspecified atom stereocenters. The van der Waals surface area contributed by atoms with Gasteiger partial charge in [0, 0.05) is 6.61 Å². The molecule has 1 fully saturated rings. The number of rotatable bonds is 2. The lowest BCUT2D eigenvalue weighted by atomic mass is 10.1. The van der Waals surface area contributed by atoms with Crippen LogP contribution in [0.2, 0.25) is 0 Å². The quantitative estimate of drug-likeness (QED) is 0.920. The van der Waals surface area contributed by atoms with Gasteiger partial charge in [-0.05, 0) is 43.5 Å². The Morgan fingerprint density at radius 3 is 2.90 bits per heavy atom. The maximum absolute atomic E-state index is 13.6. The van der Waals surface area contributed by atoms with Gasteiger partial charge in [-0.25, -0.2) is 9.07 Å². The van der Waals surface area contributed by atoms with Crippen molar-refractivity contribution in [3.63, 3.8) is 0 Å². The normalized spacial score (nSPS) is 17.9. The molecule has 5 nitrogen and oxygen atoms in total. The predicted octanol–water partition coefficient (Wildman–Crippen LogP) is 2.63. The molecule has 21 heavy (non-hydrogen) atoms. The smallest absolute Gasteiger partial charge is 0.145 e. The van der Waals surface area contributed by atoms with E-state index in [0.29, 0.717) is 23.6 Å². The Labute approximate surface area is 121 Å². The van der Waals surface area contributed by atoms with Crippen LogP contribution in [0.3, 0.4) is 0 Å². The van der Waals surface area contributed by atoms with E-state index in [1.54, 1.807) is 13.0 Å². The Kier molecular flexibility index (Phi) is 3.35. The lowest BCUT2D eigenvalue weighted by Crippen LogP contribution is -2.04. The predicted molar refractivity (Wildman–Crippen MR) is 75.3 cm³/mol. The molecule has 108 valence electrons. The van der Waals surface area contributed by atoms with Gasteiger partial charge in [-0.1, -0.05) is 0 Å². The van der Waals surface area contributed by atoms with E-state index >= 15 is 0 Å². The van der Waals surface area contributed by atoms with E-state index in [-0.39, 0.29) is 17.7 Å². The maximum atomic E-state index is 13.6. The zero-order chi connectivity index (χ0) is 15.0. The summed E-state index contributed by atoms with van der Waals surface area (Å²) in [5.41, 5.74) is 8.13. The summed E-state index contributed by atoms with van der Waals surface area (Å²) >= 11 is 0. The fourth-order valence-electron chi connectivity index (χ4n) is 2.62. The van der Waals surface area contributed by atoms with Gasteiger partial charge in [-0.15, -0.1) is 0 Å². The zero-order valence-electron chi connectivity index (χ0n) is 11.6. The Balaban J connectivity index is 2.13. The number of nitrogen functional groups attached to an aromatic ring is 1. The minimum absolute atomic E-state index is 0.210. The number of nitrogens with zero attached hydrogens (tertiary/aromatic N) is 3. The van der Waals surface area contributed by atoms with E-state index in [0.717, 1.165) is 18.4 Å². The summed E-state index contributed by atoms with van der Waals surface area (Å²) in [6.45, 7) is 2.44. The third kappa shape index (κ3) is 2.36. The van der Waals surface area contributed by atoms with Crippen molar-refractivity contribution in [1.82, 2.24) is 9.78 Å². The van der Waals surface area contributed by atoms with Gasteiger partial charge in [-0.3, -0.25) is 0 Å². The van der Waals surface area contributed by atoms with Gasteiger partial charge >= 0.3 is 0 Å². The summed E-state index contributed by atoms with van der Waals surface area (Å²) in [4.78, 5) is 0. The Bertz CT molecular complexity index is 706. The average Bonchev–Trinajstić information content (AvgIpc) is 3.04. The second kappa shape index (κ2) is 5.19. The maximum Gasteiger partial charge on any atom is 0.145 e. The highest BCUT2D eigenvalue weighted by atomic mass is 19.1. The van der Waals surface area contributed by atoms with Crippen LogP contribution in [0.25, 0.3) is 5.69 Å². The highest BCUT2D eigenvalue weighted by Gasteiger charge is 2.27. The van der Waals surface area contributed by atoms with Gasteiger partial charge in [0.1, 0.15) is 35.1 Å². The fraction of sp³-hybridized carbons (Fsp3) is 0.333. The summed E-state index contributed by atoms with van der Waals surface area (Å²) < 4.78 is 20.5. The van der Waals surface area contributed by atoms with Crippen molar-refractivity contribution in [3.05, 3.63) is 40.8 Å². The Hall–Kier alpha value is -2.39. The van der Waals surface area contributed by atoms with Gasteiger partial charge in [0.2, 0.25) is 0 Å². The number of nitriles is 1. The van der Waals surface area contributed by atoms with E-state index < -0.39 is 0 Å². The van der Waals surface area contributed by atoms with Crippen LogP contribution in [-0.4, -0.2) is 16.4 Å². The van der Waals surface area contributed by atoms with Crippen molar-refractivity contribution in [1.29, 1.82) is 5.26 Å². The van der Waals surface area contributed by atoms with Crippen molar-refractivity contribution < 1.29 is 9.13 Å². The number of benzene rings is 1. The minimum Gasteiger partial charge on any atom is -0.382 e. The lowest BCUT2D eigenvalue weighted by molar-refractivity contribution is 0.108. The Morgan fingerprint density at radius 1 is 1.48 bits per heavy atom. The van der Waals surface area contributed by atoms with Gasteiger partial charge < -0.3 is 10.5 Å². The van der Waals surface area contributed by atoms with Gasteiger partial charge in [0.05, 0.1) is 5.69 Å². The van der Waals surface area contributed by atoms with Gasteiger partial charge in [-0.2, -0.15) is 10.4 Å². The molecule has 0 bridgehead atoms. The number of hydrogen-bond donors (Lipinski definition) is 1. The molecule has 0 aliphatic carbocycles. The van der Waals surface area contributed by atoms with Crippen LogP contribution in [0.5, 0.6) is 0 Å². The molecule has 2 aromatic rings. The van der Waals surface area contributed by atoms with Crippen molar-refractivity contribution in [2.45, 2.75) is 25.9 Å². The van der Waals surface area contributed by atoms with E-state index in [9.17, 15) is 9.65 Å². The third-order valence-electron chi connectivity index (χ3n) is 3.57. The highest BCUT2D eigenvalue weighted by Crippen LogP contribution is 2.33. The van der Waals surface area contributed by atoms with Crippen LogP contribution in [0.4, 0.5) is 10.2 Å². The van der Waals surface area contributed by atoms with Crippen LogP contribution in [0.15, 0.2) is 18.2 Å². The number of hydrogen-bond acceptors (Lipinski definition) is 4. The number of aryl methyl sites for hydroxylation is 1. The molecule has 1 aromatic carbocycles. The summed E-state index contributed by atoms with van der Waals surface area (Å²) in [5.74, 6) is -0.148. The second-order valence-corrected chi connectivity index (χ2v) is 5.16. The molecule has 6 heteroatoms. The molecular formula is C15H15FN4O. The first-order valence-electron chi connectivity index (χ1n) is 6.78. The molecule has 1 atom stereocenters. The number of anilines is 1. The summed E-state index contributed by atoms with van der Waals surface area (Å²) in [6, 6.07) is 6.62. The van der Waals surface area contributed by atoms with E-state index in [1.807, 2.05) is 0 Å². The molecule has 0 radical (unpaired) electrons. The Morgan fingerprint density at radius 2 is 2.29 bits per heavy atom. The number of nitrogens with two attached hydrogens (primary N) is 1. The first-order valence-corrected chi connectivity index (χ1v) is 6.78. The van der Waals surface area contributed by atoms with Crippen LogP contribution >= 0.6 is 0 Å². The summed E-state index contributed by atoms with van der Waals surface area (Å²) in [7, 11) is 0. The molecule has 1 saturated heterocycles. The van der Waals surface area contributed by atoms with Crippen LogP contribution < -0.4 is 5.73 Å². The van der Waals surface area contributed by atoms with Crippen LogP contribution in [0.1, 0.15) is 35.8 Å². The topological polar surface area (TPSA) is 76.9 Å².